The van der Waals surface area contributed by atoms with E-state index in [0.29, 0.717) is 30.2 Å². The fraction of sp³-hybridized carbons (Fsp3) is 0.235. The molecule has 4 rings (SSSR count). The Morgan fingerprint density at radius 2 is 2.20 bits per heavy atom. The second-order valence-electron chi connectivity index (χ2n) is 5.78. The van der Waals surface area contributed by atoms with Crippen LogP contribution in [0.5, 0.6) is 5.75 Å². The van der Waals surface area contributed by atoms with Gasteiger partial charge in [0.15, 0.2) is 5.65 Å². The Morgan fingerprint density at radius 3 is 3.04 bits per heavy atom. The third-order valence-corrected chi connectivity index (χ3v) is 4.08. The van der Waals surface area contributed by atoms with Crippen LogP contribution in [0.15, 0.2) is 30.5 Å². The Morgan fingerprint density at radius 1 is 1.32 bits per heavy atom. The molecule has 3 heterocycles. The van der Waals surface area contributed by atoms with Gasteiger partial charge in [0.1, 0.15) is 29.6 Å². The Balaban J connectivity index is 1.88. The predicted molar refractivity (Wildman–Crippen MR) is 94.8 cm³/mol. The lowest BCUT2D eigenvalue weighted by Gasteiger charge is -2.12. The van der Waals surface area contributed by atoms with Crippen LogP contribution in [-0.4, -0.2) is 40.7 Å². The molecule has 3 N–H and O–H groups in total. The van der Waals surface area contributed by atoms with E-state index < -0.39 is 0 Å². The van der Waals surface area contributed by atoms with Crippen LogP contribution < -0.4 is 20.7 Å². The first-order valence-corrected chi connectivity index (χ1v) is 8.01. The lowest BCUT2D eigenvalue weighted by molar-refractivity contribution is 0.0948. The van der Waals surface area contributed by atoms with E-state index in [1.54, 1.807) is 11.6 Å². The van der Waals surface area contributed by atoms with E-state index in [0.717, 1.165) is 22.8 Å². The van der Waals surface area contributed by atoms with Crippen LogP contribution in [0.4, 0.5) is 17.3 Å². The molecule has 3 aromatic rings. The molecule has 128 valence electrons. The van der Waals surface area contributed by atoms with Crippen molar-refractivity contribution in [2.45, 2.75) is 6.92 Å². The van der Waals surface area contributed by atoms with E-state index in [4.69, 9.17) is 4.74 Å². The van der Waals surface area contributed by atoms with Crippen molar-refractivity contribution in [3.8, 4) is 5.75 Å². The zero-order valence-corrected chi connectivity index (χ0v) is 14.0. The van der Waals surface area contributed by atoms with Gasteiger partial charge < -0.3 is 20.7 Å². The summed E-state index contributed by atoms with van der Waals surface area (Å²) in [6.45, 7) is 2.76. The number of aryl methyl sites for hydroxylation is 1. The van der Waals surface area contributed by atoms with Crippen molar-refractivity contribution in [2.75, 3.05) is 30.8 Å². The monoisotopic (exact) mass is 338 g/mol. The van der Waals surface area contributed by atoms with Crippen molar-refractivity contribution in [3.05, 3.63) is 41.6 Å². The smallest absolute Gasteiger partial charge is 0.256 e. The number of nitrogens with zero attached hydrogens (tertiary/aromatic N) is 3. The summed E-state index contributed by atoms with van der Waals surface area (Å²) in [6, 6.07) is 7.71. The van der Waals surface area contributed by atoms with Gasteiger partial charge in [-0.15, -0.1) is 0 Å². The largest absolute Gasteiger partial charge is 0.491 e. The summed E-state index contributed by atoms with van der Waals surface area (Å²) < 4.78 is 7.40. The van der Waals surface area contributed by atoms with Crippen LogP contribution in [0.3, 0.4) is 0 Å². The summed E-state index contributed by atoms with van der Waals surface area (Å²) in [5.41, 5.74) is 2.79. The number of hydrogen-bond acceptors (Lipinski definition) is 6. The second kappa shape index (κ2) is 5.97. The van der Waals surface area contributed by atoms with Gasteiger partial charge in [0.05, 0.1) is 12.7 Å². The topological polar surface area (TPSA) is 92.6 Å². The standard InChI is InChI=1S/C17H18N6O2/c1-10-3-4-11-7-13(10)25-6-5-19-17(24)12-9-20-23-15(18-2)8-14(21-11)22-16(12)23/h3-4,7-9,18H,5-6H2,1-2H3,(H,19,24)(H,21,22). The van der Waals surface area contributed by atoms with Gasteiger partial charge in [-0.2, -0.15) is 9.61 Å². The molecule has 0 fully saturated rings. The van der Waals surface area contributed by atoms with Gasteiger partial charge >= 0.3 is 0 Å². The van der Waals surface area contributed by atoms with Crippen LogP contribution >= 0.6 is 0 Å². The van der Waals surface area contributed by atoms with Gasteiger partial charge in [-0.25, -0.2) is 4.98 Å². The molecule has 8 nitrogen and oxygen atoms in total. The Bertz CT molecular complexity index is 965. The molecule has 0 spiro atoms. The van der Waals surface area contributed by atoms with Crippen molar-refractivity contribution in [3.63, 3.8) is 0 Å². The minimum absolute atomic E-state index is 0.229. The van der Waals surface area contributed by atoms with Crippen LogP contribution in [0.2, 0.25) is 0 Å². The molecule has 0 atom stereocenters. The summed E-state index contributed by atoms with van der Waals surface area (Å²) in [5.74, 6) is 1.88. The van der Waals surface area contributed by atoms with Crippen LogP contribution in [0.1, 0.15) is 15.9 Å². The van der Waals surface area contributed by atoms with Crippen molar-refractivity contribution in [1.29, 1.82) is 0 Å². The number of fused-ring (bicyclic) bond motifs is 3. The average molecular weight is 338 g/mol. The van der Waals surface area contributed by atoms with Gasteiger partial charge in [-0.3, -0.25) is 4.79 Å². The molecule has 0 unspecified atom stereocenters. The molecule has 0 saturated carbocycles. The number of nitrogens with one attached hydrogen (secondary N) is 3. The minimum atomic E-state index is -0.229. The number of benzene rings is 1. The zero-order valence-electron chi connectivity index (χ0n) is 14.0. The van der Waals surface area contributed by atoms with Crippen molar-refractivity contribution in [1.82, 2.24) is 19.9 Å². The quantitative estimate of drug-likeness (QED) is 0.628. The summed E-state index contributed by atoms with van der Waals surface area (Å²) >= 11 is 0. The number of hydrogen-bond donors (Lipinski definition) is 3. The SMILES string of the molecule is CNc1cc2nc3c(cnn13)C(=O)NCCOc1cc(ccc1C)N2. The van der Waals surface area contributed by atoms with Crippen LogP contribution in [0, 0.1) is 6.92 Å². The summed E-state index contributed by atoms with van der Waals surface area (Å²) in [4.78, 5) is 17.0. The van der Waals surface area contributed by atoms with E-state index in [2.05, 4.69) is 26.0 Å². The third-order valence-electron chi connectivity index (χ3n) is 4.08. The Labute approximate surface area is 144 Å². The Hall–Kier alpha value is -3.29. The fourth-order valence-corrected chi connectivity index (χ4v) is 2.77. The molecule has 0 aliphatic carbocycles. The molecule has 1 aliphatic rings. The van der Waals surface area contributed by atoms with E-state index in [-0.39, 0.29) is 5.91 Å². The van der Waals surface area contributed by atoms with Gasteiger partial charge in [-0.05, 0) is 18.6 Å². The van der Waals surface area contributed by atoms with Crippen molar-refractivity contribution >= 4 is 28.9 Å². The highest BCUT2D eigenvalue weighted by atomic mass is 16.5. The molecule has 1 amide bonds. The van der Waals surface area contributed by atoms with E-state index in [1.807, 2.05) is 31.2 Å². The maximum absolute atomic E-state index is 12.5. The number of carbonyl (C=O) groups is 1. The number of rotatable bonds is 1. The molecule has 25 heavy (non-hydrogen) atoms. The summed E-state index contributed by atoms with van der Waals surface area (Å²) in [6.07, 6.45) is 1.52. The van der Waals surface area contributed by atoms with Crippen molar-refractivity contribution in [2.24, 2.45) is 0 Å². The highest BCUT2D eigenvalue weighted by molar-refractivity contribution is 6.00. The first-order valence-electron chi connectivity index (χ1n) is 8.01. The van der Waals surface area contributed by atoms with E-state index >= 15 is 0 Å². The number of amides is 1. The van der Waals surface area contributed by atoms with Crippen molar-refractivity contribution < 1.29 is 9.53 Å². The van der Waals surface area contributed by atoms with Crippen LogP contribution in [-0.2, 0) is 0 Å². The summed E-state index contributed by atoms with van der Waals surface area (Å²) in [7, 11) is 1.80. The number of anilines is 3. The molecule has 0 radical (unpaired) electrons. The third kappa shape index (κ3) is 2.71. The van der Waals surface area contributed by atoms with E-state index in [9.17, 15) is 4.79 Å². The predicted octanol–water partition coefficient (Wildman–Crippen LogP) is 1.95. The minimum Gasteiger partial charge on any atom is -0.491 e. The average Bonchev–Trinajstić information content (AvgIpc) is 3.03. The van der Waals surface area contributed by atoms with E-state index in [1.165, 1.54) is 6.20 Å². The maximum atomic E-state index is 12.5. The highest BCUT2D eigenvalue weighted by Crippen LogP contribution is 2.26. The number of ether oxygens (including phenoxy) is 1. The second-order valence-corrected chi connectivity index (χ2v) is 5.78. The number of carbonyl (C=O) groups excluding carboxylic acids is 1. The first-order chi connectivity index (χ1) is 12.2. The highest BCUT2D eigenvalue weighted by Gasteiger charge is 2.17. The normalized spacial score (nSPS) is 13.9. The zero-order chi connectivity index (χ0) is 17.4. The summed E-state index contributed by atoms with van der Waals surface area (Å²) in [5, 5.41) is 13.5. The lowest BCUT2D eigenvalue weighted by atomic mass is 10.2. The molecule has 1 aliphatic heterocycles. The van der Waals surface area contributed by atoms with Gasteiger partial charge in [0.2, 0.25) is 0 Å². The molecule has 0 saturated heterocycles. The van der Waals surface area contributed by atoms with Gasteiger partial charge in [0, 0.05) is 24.9 Å². The molecule has 8 heteroatoms. The molecule has 2 aromatic heterocycles. The molecule has 4 bridgehead atoms. The number of aromatic nitrogens is 3. The maximum Gasteiger partial charge on any atom is 0.256 e. The fourth-order valence-electron chi connectivity index (χ4n) is 2.77. The van der Waals surface area contributed by atoms with Crippen LogP contribution in [0.25, 0.3) is 5.65 Å². The van der Waals surface area contributed by atoms with Gasteiger partial charge in [-0.1, -0.05) is 6.07 Å². The first kappa shape index (κ1) is 15.3. The molecule has 1 aromatic carbocycles. The molecular weight excluding hydrogens is 320 g/mol. The van der Waals surface area contributed by atoms with Gasteiger partial charge in [0.25, 0.3) is 5.91 Å². The Kier molecular flexibility index (Phi) is 3.64. The molecular formula is C17H18N6O2. The lowest BCUT2D eigenvalue weighted by Crippen LogP contribution is -2.28.